The molecule has 0 aliphatic heterocycles. The highest BCUT2D eigenvalue weighted by Gasteiger charge is 2.17. The Morgan fingerprint density at radius 1 is 1.13 bits per heavy atom. The fourth-order valence-electron chi connectivity index (χ4n) is 2.81. The zero-order valence-electron chi connectivity index (χ0n) is 16.6. The number of Topliss-reactive ketones (excluding diaryl/α,β-unsaturated/α-hetero) is 1. The van der Waals surface area contributed by atoms with Gasteiger partial charge in [-0.05, 0) is 31.2 Å². The zero-order valence-corrected chi connectivity index (χ0v) is 19.0. The maximum atomic E-state index is 12.5. The van der Waals surface area contributed by atoms with Crippen LogP contribution >= 0.6 is 27.7 Å². The van der Waals surface area contributed by atoms with Crippen LogP contribution in [0.15, 0.2) is 58.2 Å². The topological polar surface area (TPSA) is 86.1 Å². The molecule has 2 aromatic carbocycles. The second-order valence-corrected chi connectivity index (χ2v) is 8.15. The molecular weight excluding hydrogens is 468 g/mol. The highest BCUT2D eigenvalue weighted by atomic mass is 79.9. The van der Waals surface area contributed by atoms with Crippen molar-refractivity contribution < 1.29 is 14.3 Å². The maximum absolute atomic E-state index is 12.5. The van der Waals surface area contributed by atoms with Crippen LogP contribution in [0.2, 0.25) is 0 Å². The summed E-state index contributed by atoms with van der Waals surface area (Å²) in [6, 6.07) is 14.5. The number of halogens is 1. The lowest BCUT2D eigenvalue weighted by Crippen LogP contribution is -2.18. The third kappa shape index (κ3) is 5.48. The number of carbonyl (C=O) groups is 2. The first-order valence-electron chi connectivity index (χ1n) is 9.28. The van der Waals surface area contributed by atoms with Crippen molar-refractivity contribution in [2.45, 2.75) is 25.0 Å². The van der Waals surface area contributed by atoms with E-state index in [1.807, 2.05) is 35.8 Å². The quantitative estimate of drug-likeness (QED) is 0.358. The fourth-order valence-corrected chi connectivity index (χ4v) is 3.99. The first-order chi connectivity index (χ1) is 14.5. The predicted molar refractivity (Wildman–Crippen MR) is 120 cm³/mol. The number of para-hydroxylation sites is 2. The predicted octanol–water partition coefficient (Wildman–Crippen LogP) is 4.23. The summed E-state index contributed by atoms with van der Waals surface area (Å²) in [5, 5.41) is 11.8. The number of thioether (sulfide) groups is 1. The van der Waals surface area contributed by atoms with Crippen molar-refractivity contribution in [1.82, 2.24) is 14.8 Å². The van der Waals surface area contributed by atoms with E-state index in [1.54, 1.807) is 31.4 Å². The van der Waals surface area contributed by atoms with Gasteiger partial charge in [0.05, 0.1) is 25.0 Å². The summed E-state index contributed by atoms with van der Waals surface area (Å²) in [5.41, 5.74) is 1.24. The van der Waals surface area contributed by atoms with E-state index in [2.05, 4.69) is 31.4 Å². The van der Waals surface area contributed by atoms with Gasteiger partial charge in [-0.15, -0.1) is 10.2 Å². The Bertz CT molecular complexity index is 1040. The van der Waals surface area contributed by atoms with E-state index in [4.69, 9.17) is 4.74 Å². The van der Waals surface area contributed by atoms with Gasteiger partial charge >= 0.3 is 0 Å². The molecule has 156 valence electrons. The summed E-state index contributed by atoms with van der Waals surface area (Å²) in [6.45, 7) is 2.55. The highest BCUT2D eigenvalue weighted by Crippen LogP contribution is 2.24. The summed E-state index contributed by atoms with van der Waals surface area (Å²) in [7, 11) is 1.55. The molecule has 7 nitrogen and oxygen atoms in total. The van der Waals surface area contributed by atoms with Crippen LogP contribution in [-0.2, 0) is 17.8 Å². The third-order valence-corrected chi connectivity index (χ3v) is 5.80. The van der Waals surface area contributed by atoms with E-state index >= 15 is 0 Å². The van der Waals surface area contributed by atoms with Gasteiger partial charge in [-0.2, -0.15) is 0 Å². The van der Waals surface area contributed by atoms with Gasteiger partial charge in [0.1, 0.15) is 11.6 Å². The molecule has 3 rings (SSSR count). The number of hydrogen-bond acceptors (Lipinski definition) is 6. The Hall–Kier alpha value is -2.65. The summed E-state index contributed by atoms with van der Waals surface area (Å²) in [5.74, 6) is 1.17. The molecule has 0 aliphatic rings. The highest BCUT2D eigenvalue weighted by molar-refractivity contribution is 9.10. The minimum atomic E-state index is -0.218. The van der Waals surface area contributed by atoms with Crippen molar-refractivity contribution in [2.75, 3.05) is 18.2 Å². The van der Waals surface area contributed by atoms with Gasteiger partial charge in [0.15, 0.2) is 10.9 Å². The van der Waals surface area contributed by atoms with Crippen LogP contribution in [0, 0.1) is 0 Å². The molecular formula is C21H21BrN4O3S. The Morgan fingerprint density at radius 2 is 1.87 bits per heavy atom. The normalized spacial score (nSPS) is 10.6. The number of hydrogen-bond donors (Lipinski definition) is 1. The van der Waals surface area contributed by atoms with E-state index in [0.29, 0.717) is 34.5 Å². The number of ether oxygens (including phenoxy) is 1. The molecule has 0 unspecified atom stereocenters. The van der Waals surface area contributed by atoms with Gasteiger partial charge < -0.3 is 14.6 Å². The smallest absolute Gasteiger partial charge is 0.232 e. The molecule has 0 aliphatic carbocycles. The van der Waals surface area contributed by atoms with Crippen LogP contribution in [0.3, 0.4) is 0 Å². The number of nitrogens with one attached hydrogen (secondary N) is 1. The van der Waals surface area contributed by atoms with E-state index in [9.17, 15) is 9.59 Å². The van der Waals surface area contributed by atoms with Crippen molar-refractivity contribution in [3.63, 3.8) is 0 Å². The van der Waals surface area contributed by atoms with Gasteiger partial charge in [0.2, 0.25) is 5.91 Å². The number of nitrogens with zero attached hydrogens (tertiary/aromatic N) is 3. The lowest BCUT2D eigenvalue weighted by Gasteiger charge is -2.10. The molecule has 0 bridgehead atoms. The molecule has 1 aromatic heterocycles. The number of benzene rings is 2. The Labute approximate surface area is 187 Å². The number of ketones is 1. The van der Waals surface area contributed by atoms with Crippen LogP contribution < -0.4 is 10.1 Å². The number of aromatic nitrogens is 3. The number of amides is 1. The number of anilines is 1. The van der Waals surface area contributed by atoms with Crippen LogP contribution in [0.4, 0.5) is 5.69 Å². The van der Waals surface area contributed by atoms with E-state index in [-0.39, 0.29) is 23.9 Å². The molecule has 0 atom stereocenters. The molecule has 0 saturated carbocycles. The zero-order chi connectivity index (χ0) is 21.5. The second kappa shape index (κ2) is 10.4. The van der Waals surface area contributed by atoms with Crippen molar-refractivity contribution in [1.29, 1.82) is 0 Å². The largest absolute Gasteiger partial charge is 0.495 e. The molecule has 0 saturated heterocycles. The lowest BCUT2D eigenvalue weighted by molar-refractivity contribution is -0.115. The van der Waals surface area contributed by atoms with E-state index in [1.165, 1.54) is 11.8 Å². The minimum absolute atomic E-state index is 0.00798. The van der Waals surface area contributed by atoms with Crippen molar-refractivity contribution in [3.05, 3.63) is 64.4 Å². The minimum Gasteiger partial charge on any atom is -0.495 e. The molecule has 1 amide bonds. The summed E-state index contributed by atoms with van der Waals surface area (Å²) in [6.07, 6.45) is 0.0696. The van der Waals surface area contributed by atoms with Crippen molar-refractivity contribution >= 4 is 45.1 Å². The van der Waals surface area contributed by atoms with Gasteiger partial charge in [-0.1, -0.05) is 52.0 Å². The Morgan fingerprint density at radius 3 is 2.57 bits per heavy atom. The fraction of sp³-hybridized carbons (Fsp3) is 0.238. The van der Waals surface area contributed by atoms with Gasteiger partial charge in [0.25, 0.3) is 0 Å². The standard InChI is InChI=1S/C21H21BrN4O3S/c1-3-26-19(12-20(28)23-16-6-4-5-7-18(16)29-2)24-25-21(26)30-13-17(27)14-8-10-15(22)11-9-14/h4-11H,3,12-13H2,1-2H3,(H,23,28). The molecule has 1 N–H and O–H groups in total. The molecule has 0 radical (unpaired) electrons. The maximum Gasteiger partial charge on any atom is 0.232 e. The SMILES string of the molecule is CCn1c(CC(=O)Nc2ccccc2OC)nnc1SCC(=O)c1ccc(Br)cc1. The Balaban J connectivity index is 1.64. The molecule has 0 spiro atoms. The average Bonchev–Trinajstić information content (AvgIpc) is 3.14. The van der Waals surface area contributed by atoms with Crippen LogP contribution in [-0.4, -0.2) is 39.3 Å². The molecule has 9 heteroatoms. The first-order valence-corrected chi connectivity index (χ1v) is 11.1. The average molecular weight is 489 g/mol. The monoisotopic (exact) mass is 488 g/mol. The summed E-state index contributed by atoms with van der Waals surface area (Å²) < 4.78 is 8.03. The second-order valence-electron chi connectivity index (χ2n) is 6.29. The summed E-state index contributed by atoms with van der Waals surface area (Å²) in [4.78, 5) is 24.9. The number of rotatable bonds is 9. The molecule has 3 aromatic rings. The van der Waals surface area contributed by atoms with E-state index < -0.39 is 0 Å². The molecule has 0 fully saturated rings. The van der Waals surface area contributed by atoms with Crippen LogP contribution in [0.25, 0.3) is 0 Å². The van der Waals surface area contributed by atoms with Gasteiger partial charge in [0, 0.05) is 16.6 Å². The molecule has 1 heterocycles. The number of methoxy groups -OCH3 is 1. The Kier molecular flexibility index (Phi) is 7.64. The summed E-state index contributed by atoms with van der Waals surface area (Å²) >= 11 is 4.68. The van der Waals surface area contributed by atoms with Gasteiger partial charge in [-0.3, -0.25) is 9.59 Å². The van der Waals surface area contributed by atoms with Crippen LogP contribution in [0.5, 0.6) is 5.75 Å². The molecule has 30 heavy (non-hydrogen) atoms. The first kappa shape index (κ1) is 22.0. The lowest BCUT2D eigenvalue weighted by atomic mass is 10.2. The van der Waals surface area contributed by atoms with Crippen molar-refractivity contribution in [3.8, 4) is 5.75 Å². The third-order valence-electron chi connectivity index (χ3n) is 4.31. The van der Waals surface area contributed by atoms with Crippen LogP contribution in [0.1, 0.15) is 23.1 Å². The van der Waals surface area contributed by atoms with Gasteiger partial charge in [-0.25, -0.2) is 0 Å². The van der Waals surface area contributed by atoms with Crippen molar-refractivity contribution in [2.24, 2.45) is 0 Å². The van der Waals surface area contributed by atoms with E-state index in [0.717, 1.165) is 4.47 Å². The number of carbonyl (C=O) groups excluding carboxylic acids is 2.